The highest BCUT2D eigenvalue weighted by Gasteiger charge is 2.10. The first-order chi connectivity index (χ1) is 5.79. The SMILES string of the molecule is CC(C)C=CCC1CCCCC1. The van der Waals surface area contributed by atoms with Gasteiger partial charge in [0.1, 0.15) is 0 Å². The maximum Gasteiger partial charge on any atom is -0.0290 e. The molecule has 0 aliphatic heterocycles. The molecule has 0 bridgehead atoms. The standard InChI is InChI=1S/C12H22/c1-11(2)7-6-10-12-8-4-3-5-9-12/h6-7,11-12H,3-5,8-10H2,1-2H3. The van der Waals surface area contributed by atoms with Gasteiger partial charge in [-0.3, -0.25) is 0 Å². The van der Waals surface area contributed by atoms with Gasteiger partial charge in [0.15, 0.2) is 0 Å². The van der Waals surface area contributed by atoms with Crippen LogP contribution in [0.4, 0.5) is 0 Å². The Bertz CT molecular complexity index is 127. The molecule has 12 heavy (non-hydrogen) atoms. The van der Waals surface area contributed by atoms with Gasteiger partial charge in [-0.1, -0.05) is 58.1 Å². The van der Waals surface area contributed by atoms with E-state index in [1.165, 1.54) is 38.5 Å². The Morgan fingerprint density at radius 3 is 2.42 bits per heavy atom. The molecule has 1 aliphatic carbocycles. The normalized spacial score (nSPS) is 20.9. The second-order valence-electron chi connectivity index (χ2n) is 4.41. The lowest BCUT2D eigenvalue weighted by atomic mass is 9.87. The largest absolute Gasteiger partial charge is 0.0880 e. The molecular weight excluding hydrogens is 144 g/mol. The van der Waals surface area contributed by atoms with Gasteiger partial charge in [-0.2, -0.15) is 0 Å². The Labute approximate surface area is 77.1 Å². The van der Waals surface area contributed by atoms with Crippen LogP contribution in [0.2, 0.25) is 0 Å². The first-order valence-corrected chi connectivity index (χ1v) is 5.45. The van der Waals surface area contributed by atoms with Crippen LogP contribution in [0.3, 0.4) is 0 Å². The summed E-state index contributed by atoms with van der Waals surface area (Å²) >= 11 is 0. The number of rotatable bonds is 3. The van der Waals surface area contributed by atoms with Crippen molar-refractivity contribution in [2.75, 3.05) is 0 Å². The zero-order chi connectivity index (χ0) is 8.81. The fourth-order valence-electron chi connectivity index (χ4n) is 1.97. The summed E-state index contributed by atoms with van der Waals surface area (Å²) in [7, 11) is 0. The van der Waals surface area contributed by atoms with Gasteiger partial charge < -0.3 is 0 Å². The molecule has 1 rings (SSSR count). The maximum atomic E-state index is 2.39. The molecule has 0 heterocycles. The molecule has 0 N–H and O–H groups in total. The van der Waals surface area contributed by atoms with E-state index < -0.39 is 0 Å². The van der Waals surface area contributed by atoms with Crippen LogP contribution in [-0.4, -0.2) is 0 Å². The van der Waals surface area contributed by atoms with Gasteiger partial charge in [-0.05, 0) is 18.3 Å². The van der Waals surface area contributed by atoms with E-state index in [2.05, 4.69) is 26.0 Å². The summed E-state index contributed by atoms with van der Waals surface area (Å²) in [5, 5.41) is 0. The molecule has 1 fully saturated rings. The van der Waals surface area contributed by atoms with E-state index in [9.17, 15) is 0 Å². The monoisotopic (exact) mass is 166 g/mol. The Morgan fingerprint density at radius 1 is 1.17 bits per heavy atom. The third-order valence-corrected chi connectivity index (χ3v) is 2.72. The van der Waals surface area contributed by atoms with Crippen molar-refractivity contribution in [2.45, 2.75) is 52.4 Å². The molecule has 1 saturated carbocycles. The molecule has 0 heteroatoms. The Hall–Kier alpha value is -0.260. The molecule has 0 aromatic rings. The fraction of sp³-hybridized carbons (Fsp3) is 0.833. The molecule has 0 saturated heterocycles. The second kappa shape index (κ2) is 5.40. The molecule has 70 valence electrons. The fourth-order valence-corrected chi connectivity index (χ4v) is 1.97. The van der Waals surface area contributed by atoms with Gasteiger partial charge in [0, 0.05) is 0 Å². The van der Waals surface area contributed by atoms with E-state index in [1.807, 2.05) is 0 Å². The van der Waals surface area contributed by atoms with Crippen LogP contribution in [0.1, 0.15) is 52.4 Å². The maximum absolute atomic E-state index is 2.39. The molecule has 0 unspecified atom stereocenters. The predicted molar refractivity (Wildman–Crippen MR) is 55.2 cm³/mol. The van der Waals surface area contributed by atoms with Crippen LogP contribution in [0.5, 0.6) is 0 Å². The summed E-state index contributed by atoms with van der Waals surface area (Å²) in [5.74, 6) is 1.74. The van der Waals surface area contributed by atoms with E-state index in [0.29, 0.717) is 0 Å². The number of hydrogen-bond donors (Lipinski definition) is 0. The molecule has 0 radical (unpaired) electrons. The Balaban J connectivity index is 2.12. The van der Waals surface area contributed by atoms with E-state index >= 15 is 0 Å². The summed E-state index contributed by atoms with van der Waals surface area (Å²) in [5.41, 5.74) is 0. The van der Waals surface area contributed by atoms with Gasteiger partial charge in [0.25, 0.3) is 0 Å². The first kappa shape index (κ1) is 9.83. The third-order valence-electron chi connectivity index (χ3n) is 2.72. The van der Waals surface area contributed by atoms with Crippen molar-refractivity contribution in [1.29, 1.82) is 0 Å². The van der Waals surface area contributed by atoms with Crippen molar-refractivity contribution in [1.82, 2.24) is 0 Å². The Kier molecular flexibility index (Phi) is 4.42. The van der Waals surface area contributed by atoms with E-state index in [0.717, 1.165) is 11.8 Å². The lowest BCUT2D eigenvalue weighted by Crippen LogP contribution is -2.04. The molecule has 0 amide bonds. The van der Waals surface area contributed by atoms with Crippen LogP contribution >= 0.6 is 0 Å². The smallest absolute Gasteiger partial charge is 0.0290 e. The molecular formula is C12H22. The lowest BCUT2D eigenvalue weighted by Gasteiger charge is -2.19. The second-order valence-corrected chi connectivity index (χ2v) is 4.41. The van der Waals surface area contributed by atoms with E-state index in [4.69, 9.17) is 0 Å². The quantitative estimate of drug-likeness (QED) is 0.552. The first-order valence-electron chi connectivity index (χ1n) is 5.45. The summed E-state index contributed by atoms with van der Waals surface area (Å²) in [4.78, 5) is 0. The third kappa shape index (κ3) is 3.94. The highest BCUT2D eigenvalue weighted by Crippen LogP contribution is 2.26. The van der Waals surface area contributed by atoms with Crippen LogP contribution < -0.4 is 0 Å². The minimum absolute atomic E-state index is 0.730. The Morgan fingerprint density at radius 2 is 1.83 bits per heavy atom. The minimum Gasteiger partial charge on any atom is -0.0880 e. The van der Waals surface area contributed by atoms with Gasteiger partial charge >= 0.3 is 0 Å². The van der Waals surface area contributed by atoms with Crippen molar-refractivity contribution < 1.29 is 0 Å². The highest BCUT2D eigenvalue weighted by atomic mass is 14.2. The van der Waals surface area contributed by atoms with Crippen molar-refractivity contribution in [3.8, 4) is 0 Å². The van der Waals surface area contributed by atoms with Crippen LogP contribution in [-0.2, 0) is 0 Å². The lowest BCUT2D eigenvalue weighted by molar-refractivity contribution is 0.361. The summed E-state index contributed by atoms with van der Waals surface area (Å²) in [6.45, 7) is 4.49. The van der Waals surface area contributed by atoms with Gasteiger partial charge in [0.2, 0.25) is 0 Å². The van der Waals surface area contributed by atoms with Crippen molar-refractivity contribution in [2.24, 2.45) is 11.8 Å². The predicted octanol–water partition coefficient (Wildman–Crippen LogP) is 4.17. The van der Waals surface area contributed by atoms with E-state index in [-0.39, 0.29) is 0 Å². The van der Waals surface area contributed by atoms with Crippen molar-refractivity contribution >= 4 is 0 Å². The van der Waals surface area contributed by atoms with Crippen LogP contribution in [0.15, 0.2) is 12.2 Å². The summed E-state index contributed by atoms with van der Waals surface area (Å²) in [6.07, 6.45) is 13.4. The van der Waals surface area contributed by atoms with Gasteiger partial charge in [0.05, 0.1) is 0 Å². The summed E-state index contributed by atoms with van der Waals surface area (Å²) < 4.78 is 0. The topological polar surface area (TPSA) is 0 Å². The molecule has 0 aromatic carbocycles. The number of hydrogen-bond acceptors (Lipinski definition) is 0. The van der Waals surface area contributed by atoms with Gasteiger partial charge in [-0.15, -0.1) is 0 Å². The van der Waals surface area contributed by atoms with Gasteiger partial charge in [-0.25, -0.2) is 0 Å². The zero-order valence-electron chi connectivity index (χ0n) is 8.55. The molecule has 0 atom stereocenters. The van der Waals surface area contributed by atoms with Crippen LogP contribution in [0.25, 0.3) is 0 Å². The van der Waals surface area contributed by atoms with Crippen molar-refractivity contribution in [3.63, 3.8) is 0 Å². The van der Waals surface area contributed by atoms with Crippen LogP contribution in [0, 0.1) is 11.8 Å². The zero-order valence-corrected chi connectivity index (χ0v) is 8.55. The highest BCUT2D eigenvalue weighted by molar-refractivity contribution is 4.86. The number of allylic oxidation sites excluding steroid dienone is 2. The average Bonchev–Trinajstić information content (AvgIpc) is 2.05. The molecule has 0 aromatic heterocycles. The van der Waals surface area contributed by atoms with Crippen molar-refractivity contribution in [3.05, 3.63) is 12.2 Å². The van der Waals surface area contributed by atoms with E-state index in [1.54, 1.807) is 0 Å². The molecule has 0 spiro atoms. The summed E-state index contributed by atoms with van der Waals surface area (Å²) in [6, 6.07) is 0. The minimum atomic E-state index is 0.730. The molecule has 1 aliphatic rings. The molecule has 0 nitrogen and oxygen atoms in total. The average molecular weight is 166 g/mol.